The molecular formula is C14H20N2O4S. The highest BCUT2D eigenvalue weighted by atomic mass is 32.2. The quantitative estimate of drug-likeness (QED) is 0.602. The molecule has 0 atom stereocenters. The Morgan fingerprint density at radius 2 is 2.05 bits per heavy atom. The molecule has 1 fully saturated rings. The van der Waals surface area contributed by atoms with Gasteiger partial charge in [0.2, 0.25) is 10.0 Å². The van der Waals surface area contributed by atoms with E-state index in [9.17, 15) is 13.2 Å². The average molecular weight is 312 g/mol. The first-order valence-corrected chi connectivity index (χ1v) is 8.53. The van der Waals surface area contributed by atoms with Crippen LogP contribution in [0, 0.1) is 0 Å². The monoisotopic (exact) mass is 312 g/mol. The van der Waals surface area contributed by atoms with E-state index in [0.29, 0.717) is 11.3 Å². The van der Waals surface area contributed by atoms with E-state index >= 15 is 0 Å². The second kappa shape index (κ2) is 6.44. The van der Waals surface area contributed by atoms with Crippen molar-refractivity contribution in [1.29, 1.82) is 0 Å². The highest BCUT2D eigenvalue weighted by molar-refractivity contribution is 7.88. The number of nitrogens with two attached hydrogens (primary N) is 1. The number of anilines is 1. The van der Waals surface area contributed by atoms with E-state index < -0.39 is 16.0 Å². The maximum atomic E-state index is 12.5. The summed E-state index contributed by atoms with van der Waals surface area (Å²) in [6.07, 6.45) is 1.56. The number of nitrogens with zero attached hydrogens (tertiary/aromatic N) is 1. The molecule has 116 valence electrons. The number of sulfonamides is 1. The van der Waals surface area contributed by atoms with Crippen molar-refractivity contribution in [2.75, 3.05) is 18.9 Å². The number of hydrogen-bond donors (Lipinski definition) is 1. The van der Waals surface area contributed by atoms with Gasteiger partial charge in [0, 0.05) is 11.7 Å². The van der Waals surface area contributed by atoms with E-state index in [0.717, 1.165) is 12.8 Å². The first kappa shape index (κ1) is 15.8. The predicted octanol–water partition coefficient (Wildman–Crippen LogP) is 1.13. The van der Waals surface area contributed by atoms with Crippen LogP contribution < -0.4 is 5.73 Å². The normalized spacial score (nSPS) is 15.1. The molecule has 1 aromatic rings. The van der Waals surface area contributed by atoms with Crippen LogP contribution in [0.2, 0.25) is 0 Å². The predicted molar refractivity (Wildman–Crippen MR) is 79.8 cm³/mol. The number of benzene rings is 1. The Morgan fingerprint density at radius 3 is 2.62 bits per heavy atom. The lowest BCUT2D eigenvalue weighted by atomic mass is 10.2. The van der Waals surface area contributed by atoms with Crippen molar-refractivity contribution < 1.29 is 17.9 Å². The molecule has 0 spiro atoms. The number of ether oxygens (including phenoxy) is 1. The van der Waals surface area contributed by atoms with Crippen molar-refractivity contribution in [3.8, 4) is 0 Å². The molecule has 0 aliphatic heterocycles. The number of esters is 1. The first-order valence-electron chi connectivity index (χ1n) is 6.92. The summed E-state index contributed by atoms with van der Waals surface area (Å²) in [5, 5.41) is 0. The van der Waals surface area contributed by atoms with Crippen molar-refractivity contribution >= 4 is 21.7 Å². The molecule has 21 heavy (non-hydrogen) atoms. The van der Waals surface area contributed by atoms with Gasteiger partial charge < -0.3 is 10.5 Å². The van der Waals surface area contributed by atoms with Gasteiger partial charge in [0.15, 0.2) is 0 Å². The fourth-order valence-electron chi connectivity index (χ4n) is 2.10. The number of rotatable bonds is 7. The lowest BCUT2D eigenvalue weighted by Gasteiger charge is -2.21. The molecule has 0 heterocycles. The Labute approximate surface area is 124 Å². The van der Waals surface area contributed by atoms with E-state index in [1.165, 1.54) is 4.31 Å². The van der Waals surface area contributed by atoms with Crippen molar-refractivity contribution in [2.24, 2.45) is 0 Å². The van der Waals surface area contributed by atoms with Crippen LogP contribution in [0.5, 0.6) is 0 Å². The Morgan fingerprint density at radius 1 is 1.38 bits per heavy atom. The fraction of sp³-hybridized carbons (Fsp3) is 0.500. The maximum absolute atomic E-state index is 12.5. The van der Waals surface area contributed by atoms with E-state index in [4.69, 9.17) is 10.5 Å². The summed E-state index contributed by atoms with van der Waals surface area (Å²) < 4.78 is 31.2. The van der Waals surface area contributed by atoms with Gasteiger partial charge >= 0.3 is 5.97 Å². The van der Waals surface area contributed by atoms with Crippen LogP contribution in [0.3, 0.4) is 0 Å². The third kappa shape index (κ3) is 4.18. The molecule has 1 aliphatic rings. The Hall–Kier alpha value is -1.60. The molecule has 0 bridgehead atoms. The summed E-state index contributed by atoms with van der Waals surface area (Å²) in [6.45, 7) is 1.70. The Kier molecular flexibility index (Phi) is 4.84. The molecule has 2 N–H and O–H groups in total. The second-order valence-corrected chi connectivity index (χ2v) is 6.96. The first-order chi connectivity index (χ1) is 9.94. The van der Waals surface area contributed by atoms with Gasteiger partial charge in [-0.1, -0.05) is 18.2 Å². The molecule has 1 saturated carbocycles. The molecule has 6 nitrogen and oxygen atoms in total. The molecule has 0 unspecified atom stereocenters. The van der Waals surface area contributed by atoms with Crippen LogP contribution in [0.1, 0.15) is 25.3 Å². The van der Waals surface area contributed by atoms with Gasteiger partial charge in [-0.15, -0.1) is 0 Å². The largest absolute Gasteiger partial charge is 0.465 e. The highest BCUT2D eigenvalue weighted by Crippen LogP contribution is 2.31. The molecule has 0 amide bonds. The van der Waals surface area contributed by atoms with Crippen LogP contribution in [-0.2, 0) is 25.3 Å². The molecule has 7 heteroatoms. The topological polar surface area (TPSA) is 89.7 Å². The van der Waals surface area contributed by atoms with E-state index in [2.05, 4.69) is 0 Å². The molecule has 0 aromatic heterocycles. The Balaban J connectivity index is 2.15. The van der Waals surface area contributed by atoms with Crippen LogP contribution in [-0.4, -0.2) is 37.9 Å². The summed E-state index contributed by atoms with van der Waals surface area (Å²) in [4.78, 5) is 11.6. The van der Waals surface area contributed by atoms with Crippen molar-refractivity contribution in [3.05, 3.63) is 29.8 Å². The SMILES string of the molecule is CCOC(=O)CN(C1CC1)S(=O)(=O)Cc1ccccc1N. The highest BCUT2D eigenvalue weighted by Gasteiger charge is 2.38. The average Bonchev–Trinajstić information content (AvgIpc) is 3.23. The summed E-state index contributed by atoms with van der Waals surface area (Å²) in [5.74, 6) is -0.718. The van der Waals surface area contributed by atoms with Gasteiger partial charge in [-0.25, -0.2) is 8.42 Å². The van der Waals surface area contributed by atoms with Crippen LogP contribution in [0.15, 0.2) is 24.3 Å². The maximum Gasteiger partial charge on any atom is 0.321 e. The zero-order valence-electron chi connectivity index (χ0n) is 12.0. The zero-order chi connectivity index (χ0) is 15.5. The third-order valence-electron chi connectivity index (χ3n) is 3.29. The number of carbonyl (C=O) groups is 1. The van der Waals surface area contributed by atoms with Gasteiger partial charge in [-0.3, -0.25) is 4.79 Å². The number of para-hydroxylation sites is 1. The molecule has 1 aliphatic carbocycles. The van der Waals surface area contributed by atoms with Gasteiger partial charge in [0.1, 0.15) is 6.54 Å². The minimum Gasteiger partial charge on any atom is -0.465 e. The van der Waals surface area contributed by atoms with Gasteiger partial charge in [-0.05, 0) is 31.4 Å². The molecule has 0 saturated heterocycles. The van der Waals surface area contributed by atoms with Crippen LogP contribution in [0.4, 0.5) is 5.69 Å². The van der Waals surface area contributed by atoms with Crippen molar-refractivity contribution in [3.63, 3.8) is 0 Å². The van der Waals surface area contributed by atoms with E-state index in [-0.39, 0.29) is 24.9 Å². The van der Waals surface area contributed by atoms with Crippen LogP contribution >= 0.6 is 0 Å². The smallest absolute Gasteiger partial charge is 0.321 e. The number of carbonyl (C=O) groups excluding carboxylic acids is 1. The van der Waals surface area contributed by atoms with E-state index in [1.807, 2.05) is 0 Å². The summed E-state index contributed by atoms with van der Waals surface area (Å²) in [7, 11) is -3.60. The Bertz CT molecular complexity index is 611. The molecule has 2 rings (SSSR count). The van der Waals surface area contributed by atoms with E-state index in [1.54, 1.807) is 31.2 Å². The summed E-state index contributed by atoms with van der Waals surface area (Å²) >= 11 is 0. The van der Waals surface area contributed by atoms with Crippen molar-refractivity contribution in [1.82, 2.24) is 4.31 Å². The molecular weight excluding hydrogens is 292 g/mol. The van der Waals surface area contributed by atoms with Gasteiger partial charge in [-0.2, -0.15) is 4.31 Å². The van der Waals surface area contributed by atoms with Gasteiger partial charge in [0.05, 0.1) is 12.4 Å². The lowest BCUT2D eigenvalue weighted by molar-refractivity contribution is -0.143. The van der Waals surface area contributed by atoms with Crippen molar-refractivity contribution in [2.45, 2.75) is 31.6 Å². The summed E-state index contributed by atoms with van der Waals surface area (Å²) in [6, 6.07) is 6.75. The summed E-state index contributed by atoms with van der Waals surface area (Å²) in [5.41, 5.74) is 6.78. The standard InChI is InChI=1S/C14H20N2O4S/c1-2-20-14(17)9-16(12-7-8-12)21(18,19)10-11-5-3-4-6-13(11)15/h3-6,12H,2,7-10,15H2,1H3. The second-order valence-electron chi connectivity index (χ2n) is 5.04. The minimum absolute atomic E-state index is 0.0932. The minimum atomic E-state index is -3.60. The lowest BCUT2D eigenvalue weighted by Crippen LogP contribution is -2.39. The molecule has 1 aromatic carbocycles. The number of nitrogen functional groups attached to an aromatic ring is 1. The van der Waals surface area contributed by atoms with Gasteiger partial charge in [0.25, 0.3) is 0 Å². The third-order valence-corrected chi connectivity index (χ3v) is 5.11. The van der Waals surface area contributed by atoms with Crippen LogP contribution in [0.25, 0.3) is 0 Å². The zero-order valence-corrected chi connectivity index (χ0v) is 12.8. The fourth-order valence-corrected chi connectivity index (χ4v) is 3.88. The number of hydrogen-bond acceptors (Lipinski definition) is 5. The molecule has 0 radical (unpaired) electrons.